The number of benzene rings is 4. The van der Waals surface area contributed by atoms with Crippen molar-refractivity contribution in [3.8, 4) is 11.1 Å². The number of rotatable bonds is 7. The molecule has 4 aromatic rings. The van der Waals surface area contributed by atoms with Gasteiger partial charge in [-0.25, -0.2) is 0 Å². The maximum Gasteiger partial charge on any atom is 0.150 e. The summed E-state index contributed by atoms with van der Waals surface area (Å²) in [6.45, 7) is 0. The number of carbonyl (C=O) groups is 2. The maximum atomic E-state index is 10.9. The van der Waals surface area contributed by atoms with Crippen LogP contribution in [0.2, 0.25) is 0 Å². The third-order valence-corrected chi connectivity index (χ3v) is 5.27. The molecule has 0 aliphatic carbocycles. The standard InChI is InChI=1S/C30H22O2/c31-21-25-13-9-23(10-14-25)17-19-27-5-1-3-7-29(27)30-8-4-2-6-28(30)20-18-24-11-15-26(22-32)16-12-24/h1-22H/b19-17-,20-18+. The molecular formula is C30H22O2. The van der Waals surface area contributed by atoms with Crippen LogP contribution in [0, 0.1) is 0 Å². The fourth-order valence-corrected chi connectivity index (χ4v) is 3.52. The highest BCUT2D eigenvalue weighted by Crippen LogP contribution is 2.29. The van der Waals surface area contributed by atoms with Crippen LogP contribution in [0.1, 0.15) is 43.0 Å². The van der Waals surface area contributed by atoms with Gasteiger partial charge in [-0.2, -0.15) is 0 Å². The SMILES string of the molecule is O=Cc1ccc(/C=C\c2ccccc2-c2ccccc2/C=C/c2ccc(C=O)cc2)cc1. The van der Waals surface area contributed by atoms with Gasteiger partial charge in [-0.3, -0.25) is 9.59 Å². The lowest BCUT2D eigenvalue weighted by Gasteiger charge is -2.10. The summed E-state index contributed by atoms with van der Waals surface area (Å²) in [5.74, 6) is 0. The zero-order valence-electron chi connectivity index (χ0n) is 17.5. The highest BCUT2D eigenvalue weighted by molar-refractivity contribution is 5.87. The summed E-state index contributed by atoms with van der Waals surface area (Å²) in [7, 11) is 0. The first kappa shape index (κ1) is 21.0. The molecule has 0 saturated carbocycles. The lowest BCUT2D eigenvalue weighted by atomic mass is 9.94. The molecule has 154 valence electrons. The largest absolute Gasteiger partial charge is 0.298 e. The van der Waals surface area contributed by atoms with Crippen molar-refractivity contribution in [2.45, 2.75) is 0 Å². The molecule has 2 heteroatoms. The third-order valence-electron chi connectivity index (χ3n) is 5.27. The van der Waals surface area contributed by atoms with Gasteiger partial charge in [0.15, 0.2) is 0 Å². The highest BCUT2D eigenvalue weighted by atomic mass is 16.1. The average molecular weight is 415 g/mol. The van der Waals surface area contributed by atoms with Gasteiger partial charge in [-0.05, 0) is 33.4 Å². The Morgan fingerprint density at radius 2 is 0.719 bits per heavy atom. The van der Waals surface area contributed by atoms with E-state index in [1.54, 1.807) is 0 Å². The molecule has 32 heavy (non-hydrogen) atoms. The van der Waals surface area contributed by atoms with Gasteiger partial charge >= 0.3 is 0 Å². The number of carbonyl (C=O) groups excluding carboxylic acids is 2. The van der Waals surface area contributed by atoms with E-state index >= 15 is 0 Å². The molecule has 0 aromatic heterocycles. The lowest BCUT2D eigenvalue weighted by Crippen LogP contribution is -1.87. The van der Waals surface area contributed by atoms with Crippen LogP contribution < -0.4 is 0 Å². The van der Waals surface area contributed by atoms with Crippen LogP contribution in [0.5, 0.6) is 0 Å². The fourth-order valence-electron chi connectivity index (χ4n) is 3.52. The zero-order chi connectivity index (χ0) is 22.2. The Kier molecular flexibility index (Phi) is 6.64. The van der Waals surface area contributed by atoms with Crippen LogP contribution >= 0.6 is 0 Å². The van der Waals surface area contributed by atoms with Gasteiger partial charge in [0.25, 0.3) is 0 Å². The van der Waals surface area contributed by atoms with Crippen molar-refractivity contribution < 1.29 is 9.59 Å². The van der Waals surface area contributed by atoms with E-state index in [0.29, 0.717) is 11.1 Å². The van der Waals surface area contributed by atoms with E-state index in [1.165, 1.54) is 0 Å². The lowest BCUT2D eigenvalue weighted by molar-refractivity contribution is 0.111. The van der Waals surface area contributed by atoms with Crippen LogP contribution in [0.4, 0.5) is 0 Å². The smallest absolute Gasteiger partial charge is 0.150 e. The van der Waals surface area contributed by atoms with Gasteiger partial charge in [0.05, 0.1) is 0 Å². The van der Waals surface area contributed by atoms with E-state index in [9.17, 15) is 9.59 Å². The van der Waals surface area contributed by atoms with E-state index in [0.717, 1.165) is 46.0 Å². The Bertz CT molecular complexity index is 1170. The molecule has 0 aliphatic rings. The molecule has 0 saturated heterocycles. The summed E-state index contributed by atoms with van der Waals surface area (Å²) in [6, 6.07) is 31.7. The van der Waals surface area contributed by atoms with Crippen molar-refractivity contribution in [3.63, 3.8) is 0 Å². The molecule has 0 radical (unpaired) electrons. The maximum absolute atomic E-state index is 10.9. The summed E-state index contributed by atoms with van der Waals surface area (Å²) in [6.07, 6.45) is 10.0. The van der Waals surface area contributed by atoms with Crippen molar-refractivity contribution in [1.82, 2.24) is 0 Å². The monoisotopic (exact) mass is 414 g/mol. The zero-order valence-corrected chi connectivity index (χ0v) is 17.5. The van der Waals surface area contributed by atoms with Crippen molar-refractivity contribution in [1.29, 1.82) is 0 Å². The third kappa shape index (κ3) is 5.05. The Morgan fingerprint density at radius 1 is 0.375 bits per heavy atom. The van der Waals surface area contributed by atoms with Crippen molar-refractivity contribution >= 4 is 36.9 Å². The fraction of sp³-hybridized carbons (Fsp3) is 0. The van der Waals surface area contributed by atoms with Crippen LogP contribution in [-0.2, 0) is 0 Å². The van der Waals surface area contributed by atoms with Gasteiger partial charge in [0, 0.05) is 11.1 Å². The number of hydrogen-bond acceptors (Lipinski definition) is 2. The average Bonchev–Trinajstić information content (AvgIpc) is 2.87. The molecule has 0 amide bonds. The molecule has 4 aromatic carbocycles. The van der Waals surface area contributed by atoms with E-state index < -0.39 is 0 Å². The number of aldehydes is 2. The van der Waals surface area contributed by atoms with E-state index in [1.807, 2.05) is 72.8 Å². The summed E-state index contributed by atoms with van der Waals surface area (Å²) in [5, 5.41) is 0. The quantitative estimate of drug-likeness (QED) is 0.234. The van der Waals surface area contributed by atoms with Gasteiger partial charge in [-0.15, -0.1) is 0 Å². The topological polar surface area (TPSA) is 34.1 Å². The Balaban J connectivity index is 1.65. The van der Waals surface area contributed by atoms with Crippen LogP contribution in [0.25, 0.3) is 35.4 Å². The predicted molar refractivity (Wildman–Crippen MR) is 133 cm³/mol. The normalized spacial score (nSPS) is 11.1. The van der Waals surface area contributed by atoms with E-state index in [4.69, 9.17) is 0 Å². The second-order valence-corrected chi connectivity index (χ2v) is 7.41. The molecule has 0 N–H and O–H groups in total. The second kappa shape index (κ2) is 10.1. The van der Waals surface area contributed by atoms with Gasteiger partial charge in [0.2, 0.25) is 0 Å². The second-order valence-electron chi connectivity index (χ2n) is 7.41. The first-order chi connectivity index (χ1) is 15.8. The molecule has 0 spiro atoms. The minimum atomic E-state index is 0.670. The first-order valence-electron chi connectivity index (χ1n) is 10.4. The van der Waals surface area contributed by atoms with Gasteiger partial charge in [0.1, 0.15) is 12.6 Å². The summed E-state index contributed by atoms with van der Waals surface area (Å²) in [5.41, 5.74) is 7.93. The minimum absolute atomic E-state index is 0.670. The van der Waals surface area contributed by atoms with E-state index in [-0.39, 0.29) is 0 Å². The van der Waals surface area contributed by atoms with Crippen molar-refractivity contribution in [2.24, 2.45) is 0 Å². The molecule has 0 bridgehead atoms. The Hall–Kier alpha value is -4.30. The molecule has 0 fully saturated rings. The minimum Gasteiger partial charge on any atom is -0.298 e. The molecule has 2 nitrogen and oxygen atoms in total. The Morgan fingerprint density at radius 3 is 1.09 bits per heavy atom. The van der Waals surface area contributed by atoms with E-state index in [2.05, 4.69) is 48.6 Å². The van der Waals surface area contributed by atoms with Crippen LogP contribution in [0.15, 0.2) is 97.1 Å². The number of hydrogen-bond donors (Lipinski definition) is 0. The van der Waals surface area contributed by atoms with Crippen molar-refractivity contribution in [3.05, 3.63) is 130 Å². The predicted octanol–water partition coefficient (Wildman–Crippen LogP) is 7.32. The Labute approximate surface area is 188 Å². The molecule has 0 heterocycles. The van der Waals surface area contributed by atoms with Crippen molar-refractivity contribution in [2.75, 3.05) is 0 Å². The highest BCUT2D eigenvalue weighted by Gasteiger charge is 2.06. The summed E-state index contributed by atoms with van der Waals surface area (Å²) < 4.78 is 0. The summed E-state index contributed by atoms with van der Waals surface area (Å²) in [4.78, 5) is 21.7. The molecule has 4 rings (SSSR count). The summed E-state index contributed by atoms with van der Waals surface area (Å²) >= 11 is 0. The van der Waals surface area contributed by atoms with Crippen LogP contribution in [-0.4, -0.2) is 12.6 Å². The first-order valence-corrected chi connectivity index (χ1v) is 10.4. The molecule has 0 atom stereocenters. The van der Waals surface area contributed by atoms with Gasteiger partial charge < -0.3 is 0 Å². The molecular weight excluding hydrogens is 392 g/mol. The molecule has 0 aliphatic heterocycles. The van der Waals surface area contributed by atoms with Gasteiger partial charge in [-0.1, -0.05) is 121 Å². The molecule has 0 unspecified atom stereocenters. The van der Waals surface area contributed by atoms with Crippen LogP contribution in [0.3, 0.4) is 0 Å².